The first kappa shape index (κ1) is 14.8. The normalized spacial score (nSPS) is 20.7. The van der Waals surface area contributed by atoms with Crippen molar-refractivity contribution in [2.75, 3.05) is 11.5 Å². The first-order valence-electron chi connectivity index (χ1n) is 7.85. The fourth-order valence-corrected chi connectivity index (χ4v) is 3.53. The lowest BCUT2D eigenvalue weighted by atomic mass is 9.87. The van der Waals surface area contributed by atoms with Gasteiger partial charge < -0.3 is 16.6 Å². The molecule has 1 fully saturated rings. The maximum absolute atomic E-state index is 9.32. The molecule has 0 unspecified atom stereocenters. The first-order chi connectivity index (χ1) is 10.7. The van der Waals surface area contributed by atoms with E-state index in [0.717, 1.165) is 36.9 Å². The zero-order valence-electron chi connectivity index (χ0n) is 12.7. The van der Waals surface area contributed by atoms with E-state index >= 15 is 0 Å². The summed E-state index contributed by atoms with van der Waals surface area (Å²) in [4.78, 5) is 10.9. The minimum atomic E-state index is -0.431. The van der Waals surface area contributed by atoms with Gasteiger partial charge in [0.2, 0.25) is 11.9 Å². The molecule has 1 aromatic rings. The van der Waals surface area contributed by atoms with Gasteiger partial charge in [0.1, 0.15) is 5.66 Å². The molecule has 0 aromatic heterocycles. The summed E-state index contributed by atoms with van der Waals surface area (Å²) >= 11 is 0. The molecule has 0 radical (unpaired) electrons. The molecule has 0 saturated heterocycles. The van der Waals surface area contributed by atoms with Crippen molar-refractivity contribution in [3.05, 3.63) is 29.8 Å². The zero-order chi connectivity index (χ0) is 15.6. The summed E-state index contributed by atoms with van der Waals surface area (Å²) in [5.74, 6) is 0.648. The molecule has 22 heavy (non-hydrogen) atoms. The molecule has 0 atom stereocenters. The topological polar surface area (TPSA) is 100 Å². The van der Waals surface area contributed by atoms with E-state index in [0.29, 0.717) is 12.4 Å². The molecule has 118 valence electrons. The van der Waals surface area contributed by atoms with E-state index in [-0.39, 0.29) is 12.6 Å². The number of hydrogen-bond donors (Lipinski definition) is 3. The second kappa shape index (κ2) is 5.96. The maximum atomic E-state index is 9.32. The fraction of sp³-hybridized carbons (Fsp3) is 0.500. The first-order valence-corrected chi connectivity index (χ1v) is 7.85. The summed E-state index contributed by atoms with van der Waals surface area (Å²) in [5.41, 5.74) is 13.7. The average Bonchev–Trinajstić information content (AvgIpc) is 2.49. The van der Waals surface area contributed by atoms with Crippen LogP contribution in [0.4, 0.5) is 5.69 Å². The lowest BCUT2D eigenvalue weighted by Gasteiger charge is -2.46. The van der Waals surface area contributed by atoms with Gasteiger partial charge in [-0.15, -0.1) is 0 Å². The average molecular weight is 301 g/mol. The molecule has 0 bridgehead atoms. The summed E-state index contributed by atoms with van der Waals surface area (Å²) in [5, 5.41) is 9.32. The molecule has 0 amide bonds. The van der Waals surface area contributed by atoms with Crippen molar-refractivity contribution >= 4 is 17.6 Å². The smallest absolute Gasteiger partial charge is 0.220 e. The number of rotatable bonds is 3. The molecule has 1 aromatic carbocycles. The van der Waals surface area contributed by atoms with Crippen LogP contribution in [-0.2, 0) is 6.42 Å². The minimum Gasteiger partial charge on any atom is -0.396 e. The summed E-state index contributed by atoms with van der Waals surface area (Å²) in [6.45, 7) is 0.0975. The van der Waals surface area contributed by atoms with Gasteiger partial charge in [-0.3, -0.25) is 4.90 Å². The lowest BCUT2D eigenvalue weighted by molar-refractivity contribution is 0.296. The molecule has 6 heteroatoms. The molecule has 1 saturated carbocycles. The Bertz CT molecular complexity index is 604. The van der Waals surface area contributed by atoms with Crippen molar-refractivity contribution < 1.29 is 5.11 Å². The van der Waals surface area contributed by atoms with Gasteiger partial charge in [0, 0.05) is 12.3 Å². The highest BCUT2D eigenvalue weighted by Crippen LogP contribution is 2.40. The third-order valence-electron chi connectivity index (χ3n) is 4.47. The molecule has 5 N–H and O–H groups in total. The van der Waals surface area contributed by atoms with Crippen molar-refractivity contribution in [1.29, 1.82) is 0 Å². The number of nitrogens with two attached hydrogens (primary N) is 2. The zero-order valence-corrected chi connectivity index (χ0v) is 12.7. The summed E-state index contributed by atoms with van der Waals surface area (Å²) in [6.07, 6.45) is 5.82. The minimum absolute atomic E-state index is 0.0975. The number of hydrogen-bond acceptors (Lipinski definition) is 6. The number of aliphatic imine (C=N–C) groups is 2. The van der Waals surface area contributed by atoms with Gasteiger partial charge in [-0.1, -0.05) is 24.6 Å². The second-order valence-corrected chi connectivity index (χ2v) is 5.92. The van der Waals surface area contributed by atoms with Gasteiger partial charge in [-0.05, 0) is 43.7 Å². The molecule has 1 heterocycles. The van der Waals surface area contributed by atoms with Gasteiger partial charge in [0.05, 0.1) is 0 Å². The third kappa shape index (κ3) is 2.54. The van der Waals surface area contributed by atoms with Gasteiger partial charge in [-0.2, -0.15) is 4.99 Å². The maximum Gasteiger partial charge on any atom is 0.220 e. The van der Waals surface area contributed by atoms with Gasteiger partial charge in [0.15, 0.2) is 0 Å². The molecule has 3 rings (SSSR count). The quantitative estimate of drug-likeness (QED) is 0.784. The van der Waals surface area contributed by atoms with Gasteiger partial charge in [0.25, 0.3) is 0 Å². The number of aliphatic hydroxyl groups is 1. The lowest BCUT2D eigenvalue weighted by Crippen LogP contribution is -2.58. The largest absolute Gasteiger partial charge is 0.396 e. The SMILES string of the molecule is NC1=NC2(CCCCC2)N(c2ccccc2CCO)C(N)=N1. The van der Waals surface area contributed by atoms with Crippen LogP contribution in [0.2, 0.25) is 0 Å². The summed E-state index contributed by atoms with van der Waals surface area (Å²) in [7, 11) is 0. The second-order valence-electron chi connectivity index (χ2n) is 5.92. The number of aliphatic hydroxyl groups excluding tert-OH is 1. The summed E-state index contributed by atoms with van der Waals surface area (Å²) in [6, 6.07) is 7.97. The Morgan fingerprint density at radius 1 is 1.14 bits per heavy atom. The molecule has 6 nitrogen and oxygen atoms in total. The third-order valence-corrected chi connectivity index (χ3v) is 4.47. The van der Waals surface area contributed by atoms with Gasteiger partial charge >= 0.3 is 0 Å². The number of nitrogens with zero attached hydrogens (tertiary/aromatic N) is 3. The number of anilines is 1. The predicted octanol–water partition coefficient (Wildman–Crippen LogP) is 1.33. The Morgan fingerprint density at radius 2 is 1.86 bits per heavy atom. The standard InChI is InChI=1S/C16H23N5O/c17-14-19-15(18)21(16(20-14)9-4-1-5-10-16)13-7-3-2-6-12(13)8-11-22/h2-3,6-7,22H,1,4-5,8-11H2,(H4,17,18,19,20). The Morgan fingerprint density at radius 3 is 2.59 bits per heavy atom. The Hall–Kier alpha value is -2.08. The van der Waals surface area contributed by atoms with Crippen LogP contribution < -0.4 is 16.4 Å². The van der Waals surface area contributed by atoms with E-state index in [2.05, 4.69) is 9.98 Å². The van der Waals surface area contributed by atoms with Crippen molar-refractivity contribution in [3.63, 3.8) is 0 Å². The van der Waals surface area contributed by atoms with Crippen LogP contribution in [0.1, 0.15) is 37.7 Å². The predicted molar refractivity (Wildman–Crippen MR) is 88.8 cm³/mol. The van der Waals surface area contributed by atoms with E-state index < -0.39 is 5.66 Å². The van der Waals surface area contributed by atoms with Crippen molar-refractivity contribution in [2.24, 2.45) is 21.5 Å². The Kier molecular flexibility index (Phi) is 4.02. The molecule has 1 aliphatic carbocycles. The highest BCUT2D eigenvalue weighted by molar-refractivity contribution is 6.06. The number of guanidine groups is 2. The van der Waals surface area contributed by atoms with Crippen LogP contribution in [0.15, 0.2) is 34.3 Å². The van der Waals surface area contributed by atoms with E-state index in [1.165, 1.54) is 6.42 Å². The number of para-hydroxylation sites is 1. The van der Waals surface area contributed by atoms with Crippen LogP contribution in [0, 0.1) is 0 Å². The molecule has 2 aliphatic rings. The van der Waals surface area contributed by atoms with Crippen LogP contribution in [0.25, 0.3) is 0 Å². The van der Waals surface area contributed by atoms with E-state index in [1.807, 2.05) is 29.2 Å². The van der Waals surface area contributed by atoms with Crippen molar-refractivity contribution in [1.82, 2.24) is 0 Å². The molecule has 1 aliphatic heterocycles. The molecular formula is C16H23N5O. The molecular weight excluding hydrogens is 278 g/mol. The van der Waals surface area contributed by atoms with E-state index in [1.54, 1.807) is 0 Å². The van der Waals surface area contributed by atoms with E-state index in [9.17, 15) is 5.11 Å². The summed E-state index contributed by atoms with van der Waals surface area (Å²) < 4.78 is 0. The highest BCUT2D eigenvalue weighted by atomic mass is 16.2. The van der Waals surface area contributed by atoms with Crippen molar-refractivity contribution in [2.45, 2.75) is 44.2 Å². The fourth-order valence-electron chi connectivity index (χ4n) is 3.53. The van der Waals surface area contributed by atoms with Crippen LogP contribution in [0.3, 0.4) is 0 Å². The Labute approximate surface area is 130 Å². The van der Waals surface area contributed by atoms with Crippen LogP contribution >= 0.6 is 0 Å². The van der Waals surface area contributed by atoms with Gasteiger partial charge in [-0.25, -0.2) is 4.99 Å². The highest BCUT2D eigenvalue weighted by Gasteiger charge is 2.43. The van der Waals surface area contributed by atoms with E-state index in [4.69, 9.17) is 11.5 Å². The Balaban J connectivity index is 2.08. The number of benzene rings is 1. The monoisotopic (exact) mass is 301 g/mol. The van der Waals surface area contributed by atoms with Crippen molar-refractivity contribution in [3.8, 4) is 0 Å². The van der Waals surface area contributed by atoms with Crippen LogP contribution in [-0.4, -0.2) is 29.3 Å². The van der Waals surface area contributed by atoms with Crippen LogP contribution in [0.5, 0.6) is 0 Å². The molecule has 1 spiro atoms.